The van der Waals surface area contributed by atoms with Gasteiger partial charge < -0.3 is 0 Å². The minimum atomic E-state index is -0.950. The number of carbonyl (C=O) groups excluding carboxylic acids is 1. The van der Waals surface area contributed by atoms with Crippen LogP contribution in [0.1, 0.15) is 17.0 Å². The monoisotopic (exact) mass is 384 g/mol. The zero-order chi connectivity index (χ0) is 18.1. The molecular formula is C19H16N2O3S2. The lowest BCUT2D eigenvalue weighted by Crippen LogP contribution is -2.38. The van der Waals surface area contributed by atoms with E-state index in [1.807, 2.05) is 24.3 Å². The first-order valence-electron chi connectivity index (χ1n) is 8.01. The molecule has 4 rings (SSSR count). The van der Waals surface area contributed by atoms with E-state index >= 15 is 0 Å². The summed E-state index contributed by atoms with van der Waals surface area (Å²) >= 11 is 3.28. The predicted octanol–water partition coefficient (Wildman–Crippen LogP) is 5.04. The van der Waals surface area contributed by atoms with E-state index in [4.69, 9.17) is 5.21 Å². The third kappa shape index (κ3) is 2.95. The van der Waals surface area contributed by atoms with Crippen LogP contribution in [0, 0.1) is 0 Å². The van der Waals surface area contributed by atoms with Crippen molar-refractivity contribution in [3.05, 3.63) is 70.4 Å². The second-order valence-corrected chi connectivity index (χ2v) is 7.75. The number of thiophene rings is 2. The number of urea groups is 1. The highest BCUT2D eigenvalue weighted by atomic mass is 32.1. The average Bonchev–Trinajstić information content (AvgIpc) is 3.30. The molecule has 0 unspecified atom stereocenters. The summed E-state index contributed by atoms with van der Waals surface area (Å²) in [6.45, 7) is 0.0356. The molecule has 2 aromatic heterocycles. The Bertz CT molecular complexity index is 999. The summed E-state index contributed by atoms with van der Waals surface area (Å²) in [7, 11) is 0. The number of hydroxylamine groups is 3. The fourth-order valence-corrected chi connectivity index (χ4v) is 5.24. The molecule has 3 N–H and O–H groups in total. The van der Waals surface area contributed by atoms with E-state index < -0.39 is 6.03 Å². The molecule has 0 saturated carbocycles. The first-order chi connectivity index (χ1) is 12.7. The van der Waals surface area contributed by atoms with Crippen LogP contribution in [0.15, 0.2) is 59.3 Å². The van der Waals surface area contributed by atoms with Crippen LogP contribution in [0.25, 0.3) is 20.2 Å². The van der Waals surface area contributed by atoms with Gasteiger partial charge in [0.15, 0.2) is 0 Å². The summed E-state index contributed by atoms with van der Waals surface area (Å²) in [4.78, 5) is 11.6. The number of fused-ring (bicyclic) bond motifs is 2. The molecule has 0 aliphatic rings. The Balaban J connectivity index is 1.85. The number of benzene rings is 2. The number of amides is 2. The molecule has 0 bridgehead atoms. The van der Waals surface area contributed by atoms with Crippen LogP contribution in [0.2, 0.25) is 0 Å². The van der Waals surface area contributed by atoms with E-state index in [1.165, 1.54) is 5.48 Å². The van der Waals surface area contributed by atoms with E-state index in [1.54, 1.807) is 22.7 Å². The van der Waals surface area contributed by atoms with Gasteiger partial charge in [0.2, 0.25) is 0 Å². The van der Waals surface area contributed by atoms with Gasteiger partial charge in [0, 0.05) is 15.3 Å². The van der Waals surface area contributed by atoms with Crippen molar-refractivity contribution in [2.24, 2.45) is 0 Å². The van der Waals surface area contributed by atoms with Crippen LogP contribution >= 0.6 is 22.7 Å². The van der Waals surface area contributed by atoms with Crippen molar-refractivity contribution in [2.45, 2.75) is 5.92 Å². The average molecular weight is 384 g/mol. The molecule has 0 fully saturated rings. The summed E-state index contributed by atoms with van der Waals surface area (Å²) in [5.74, 6) is -0.218. The molecule has 2 aromatic carbocycles. The smallest absolute Gasteiger partial charge is 0.287 e. The molecule has 2 amide bonds. The number of hydrogen-bond donors (Lipinski definition) is 3. The second-order valence-electron chi connectivity index (χ2n) is 5.93. The van der Waals surface area contributed by atoms with Gasteiger partial charge in [0.25, 0.3) is 0 Å². The van der Waals surface area contributed by atoms with Gasteiger partial charge in [0.1, 0.15) is 0 Å². The molecule has 0 aliphatic heterocycles. The van der Waals surface area contributed by atoms with Crippen LogP contribution in [-0.4, -0.2) is 28.1 Å². The molecular weight excluding hydrogens is 368 g/mol. The molecule has 0 aliphatic carbocycles. The quantitative estimate of drug-likeness (QED) is 0.341. The number of hydrogen-bond acceptors (Lipinski definition) is 5. The normalized spacial score (nSPS) is 11.3. The highest BCUT2D eigenvalue weighted by molar-refractivity contribution is 7.17. The Morgan fingerprint density at radius 3 is 1.96 bits per heavy atom. The number of nitrogens with one attached hydrogen (secondary N) is 1. The standard InChI is InChI=1S/C19H16N2O3S2/c22-19(20-23)21(24)9-14(15-10-25-17-7-3-1-5-12(15)17)16-11-26-18-8-4-2-6-13(16)18/h1-8,10-11,14,23-24H,9H2,(H,20,22). The Labute approximate surface area is 157 Å². The zero-order valence-corrected chi connectivity index (χ0v) is 15.3. The number of nitrogens with zero attached hydrogens (tertiary/aromatic N) is 1. The molecule has 0 saturated heterocycles. The van der Waals surface area contributed by atoms with Crippen molar-refractivity contribution in [3.63, 3.8) is 0 Å². The largest absolute Gasteiger partial charge is 0.364 e. The first kappa shape index (κ1) is 17.0. The van der Waals surface area contributed by atoms with Crippen molar-refractivity contribution in [3.8, 4) is 0 Å². The summed E-state index contributed by atoms with van der Waals surface area (Å²) in [5.41, 5.74) is 3.59. The zero-order valence-electron chi connectivity index (χ0n) is 13.6. The summed E-state index contributed by atoms with van der Waals surface area (Å²) < 4.78 is 2.31. The highest BCUT2D eigenvalue weighted by Crippen LogP contribution is 2.40. The molecule has 0 spiro atoms. The lowest BCUT2D eigenvalue weighted by Gasteiger charge is -2.22. The van der Waals surface area contributed by atoms with E-state index in [9.17, 15) is 10.0 Å². The van der Waals surface area contributed by atoms with Crippen LogP contribution in [0.5, 0.6) is 0 Å². The van der Waals surface area contributed by atoms with Crippen molar-refractivity contribution in [1.82, 2.24) is 10.5 Å². The Hall–Kier alpha value is -2.45. The van der Waals surface area contributed by atoms with Crippen molar-refractivity contribution >= 4 is 48.9 Å². The van der Waals surface area contributed by atoms with E-state index in [0.29, 0.717) is 5.06 Å². The summed E-state index contributed by atoms with van der Waals surface area (Å²) in [6.07, 6.45) is 0. The number of rotatable bonds is 4. The van der Waals surface area contributed by atoms with Gasteiger partial charge in [-0.25, -0.2) is 15.3 Å². The maximum absolute atomic E-state index is 11.6. The Kier molecular flexibility index (Phi) is 4.60. The molecule has 5 nitrogen and oxygen atoms in total. The van der Waals surface area contributed by atoms with Crippen molar-refractivity contribution in [2.75, 3.05) is 6.54 Å². The van der Waals surface area contributed by atoms with Crippen molar-refractivity contribution in [1.29, 1.82) is 0 Å². The minimum absolute atomic E-state index is 0.0356. The summed E-state index contributed by atoms with van der Waals surface area (Å²) in [5, 5.41) is 25.8. The van der Waals surface area contributed by atoms with Gasteiger partial charge >= 0.3 is 6.03 Å². The van der Waals surface area contributed by atoms with Gasteiger partial charge in [-0.3, -0.25) is 10.4 Å². The van der Waals surface area contributed by atoms with E-state index in [-0.39, 0.29) is 12.5 Å². The van der Waals surface area contributed by atoms with Gasteiger partial charge in [-0.1, -0.05) is 36.4 Å². The molecule has 0 atom stereocenters. The van der Waals surface area contributed by atoms with Gasteiger partial charge in [-0.2, -0.15) is 0 Å². The van der Waals surface area contributed by atoms with Crippen LogP contribution in [-0.2, 0) is 0 Å². The van der Waals surface area contributed by atoms with Crippen molar-refractivity contribution < 1.29 is 15.2 Å². The van der Waals surface area contributed by atoms with Crippen LogP contribution < -0.4 is 5.48 Å². The topological polar surface area (TPSA) is 72.8 Å². The SMILES string of the molecule is O=C(NO)N(O)CC(c1csc2ccccc12)c1csc2ccccc12. The lowest BCUT2D eigenvalue weighted by molar-refractivity contribution is -0.0570. The predicted molar refractivity (Wildman–Crippen MR) is 104 cm³/mol. The second kappa shape index (κ2) is 7.05. The Morgan fingerprint density at radius 2 is 1.46 bits per heavy atom. The van der Waals surface area contributed by atoms with E-state index in [0.717, 1.165) is 31.3 Å². The van der Waals surface area contributed by atoms with Crippen LogP contribution in [0.4, 0.5) is 4.79 Å². The molecule has 132 valence electrons. The minimum Gasteiger partial charge on any atom is -0.287 e. The van der Waals surface area contributed by atoms with Crippen LogP contribution in [0.3, 0.4) is 0 Å². The maximum atomic E-state index is 11.6. The molecule has 26 heavy (non-hydrogen) atoms. The van der Waals surface area contributed by atoms with Gasteiger partial charge in [-0.15, -0.1) is 22.7 Å². The van der Waals surface area contributed by atoms with Gasteiger partial charge in [0.05, 0.1) is 6.54 Å². The fourth-order valence-electron chi connectivity index (χ4n) is 3.21. The molecule has 7 heteroatoms. The van der Waals surface area contributed by atoms with E-state index in [2.05, 4.69) is 35.0 Å². The third-order valence-electron chi connectivity index (χ3n) is 4.46. The Morgan fingerprint density at radius 1 is 0.962 bits per heavy atom. The fraction of sp³-hybridized carbons (Fsp3) is 0.105. The molecule has 2 heterocycles. The van der Waals surface area contributed by atoms with Gasteiger partial charge in [-0.05, 0) is 44.8 Å². The summed E-state index contributed by atoms with van der Waals surface area (Å²) in [6, 6.07) is 15.2. The highest BCUT2D eigenvalue weighted by Gasteiger charge is 2.25. The molecule has 0 radical (unpaired) electrons. The maximum Gasteiger partial charge on any atom is 0.364 e. The first-order valence-corrected chi connectivity index (χ1v) is 9.77. The number of carbonyl (C=O) groups is 1. The molecule has 4 aromatic rings. The lowest BCUT2D eigenvalue weighted by atomic mass is 9.90. The third-order valence-corrected chi connectivity index (χ3v) is 6.42.